The number of aryl methyl sites for hydroxylation is 2. The van der Waals surface area contributed by atoms with E-state index in [1.54, 1.807) is 6.92 Å². The smallest absolute Gasteiger partial charge is 0.396 e. The molecule has 2 aromatic heterocycles. The average Bonchev–Trinajstić information content (AvgIpc) is 2.78. The summed E-state index contributed by atoms with van der Waals surface area (Å²) >= 11 is 0. The fraction of sp³-hybridized carbons (Fsp3) is 0.292. The van der Waals surface area contributed by atoms with Crippen molar-refractivity contribution in [1.82, 2.24) is 9.55 Å². The van der Waals surface area contributed by atoms with Crippen LogP contribution < -0.4 is 16.6 Å². The van der Waals surface area contributed by atoms with E-state index >= 15 is 4.39 Å². The largest absolute Gasteiger partial charge is 0.417 e. The summed E-state index contributed by atoms with van der Waals surface area (Å²) in [6, 6.07) is 3.49. The number of nitrogens with zero attached hydrogens (tertiary/aromatic N) is 2. The van der Waals surface area contributed by atoms with E-state index < -0.39 is 45.9 Å². The van der Waals surface area contributed by atoms with E-state index in [0.29, 0.717) is 24.3 Å². The van der Waals surface area contributed by atoms with Crippen molar-refractivity contribution < 1.29 is 26.7 Å². The summed E-state index contributed by atoms with van der Waals surface area (Å²) in [7, 11) is 1.52. The van der Waals surface area contributed by atoms with Gasteiger partial charge in [-0.05, 0) is 30.5 Å². The molecule has 0 amide bonds. The number of rotatable bonds is 7. The molecule has 3 aromatic rings. The number of carbonyl (C=O) groups excluding carboxylic acids is 1. The lowest BCUT2D eigenvalue weighted by Gasteiger charge is -2.21. The molecule has 0 aliphatic carbocycles. The highest BCUT2D eigenvalue weighted by Crippen LogP contribution is 2.43. The Kier molecular flexibility index (Phi) is 7.27. The van der Waals surface area contributed by atoms with E-state index in [0.717, 1.165) is 6.92 Å². The zero-order valence-corrected chi connectivity index (χ0v) is 19.2. The number of nitrogen functional groups attached to an aromatic ring is 1. The normalized spacial score (nSPS) is 11.5. The molecule has 0 bridgehead atoms. The summed E-state index contributed by atoms with van der Waals surface area (Å²) in [5.74, 6) is -2.47. The van der Waals surface area contributed by atoms with Crippen LogP contribution in [0.5, 0.6) is 0 Å². The molecule has 0 spiro atoms. The second-order valence-corrected chi connectivity index (χ2v) is 8.04. The van der Waals surface area contributed by atoms with Crippen LogP contribution in [0.25, 0.3) is 11.3 Å². The summed E-state index contributed by atoms with van der Waals surface area (Å²) < 4.78 is 73.1. The molecule has 0 unspecified atom stereocenters. The predicted molar refractivity (Wildman–Crippen MR) is 122 cm³/mol. The van der Waals surface area contributed by atoms with Crippen LogP contribution in [0.15, 0.2) is 29.2 Å². The highest BCUT2D eigenvalue weighted by molar-refractivity contribution is 5.88. The number of benzene rings is 1. The van der Waals surface area contributed by atoms with Gasteiger partial charge in [0.05, 0.1) is 28.2 Å². The first kappa shape index (κ1) is 25.9. The van der Waals surface area contributed by atoms with E-state index in [-0.39, 0.29) is 35.5 Å². The number of anilines is 2. The number of halogens is 5. The maximum absolute atomic E-state index is 15.8. The van der Waals surface area contributed by atoms with Crippen LogP contribution in [0.1, 0.15) is 46.1 Å². The lowest BCUT2D eigenvalue weighted by molar-refractivity contribution is -0.137. The summed E-state index contributed by atoms with van der Waals surface area (Å²) in [5, 5.41) is 2.76. The highest BCUT2D eigenvalue weighted by atomic mass is 19.4. The quantitative estimate of drug-likeness (QED) is 0.274. The van der Waals surface area contributed by atoms with Crippen molar-refractivity contribution in [2.24, 2.45) is 7.05 Å². The second-order valence-electron chi connectivity index (χ2n) is 8.04. The third kappa shape index (κ3) is 5.03. The molecule has 0 fully saturated rings. The Labute approximate surface area is 197 Å². The summed E-state index contributed by atoms with van der Waals surface area (Å²) in [4.78, 5) is 27.5. The van der Waals surface area contributed by atoms with E-state index in [2.05, 4.69) is 10.3 Å². The van der Waals surface area contributed by atoms with E-state index in [4.69, 9.17) is 5.73 Å². The van der Waals surface area contributed by atoms with Crippen molar-refractivity contribution in [3.05, 3.63) is 74.3 Å². The summed E-state index contributed by atoms with van der Waals surface area (Å²) in [5.41, 5.74) is 1.23. The minimum Gasteiger partial charge on any atom is -0.396 e. The molecule has 2 heterocycles. The molecule has 1 aromatic carbocycles. The van der Waals surface area contributed by atoms with Gasteiger partial charge >= 0.3 is 6.18 Å². The molecule has 35 heavy (non-hydrogen) atoms. The minimum absolute atomic E-state index is 0.0440. The SMILES string of the molecule is CCCc1nc(-c2cc(N)c(F)c(C)c2C(F)(F)F)c(F)c(NCc2ccc(=O)n(C)c2)c1C=O. The minimum atomic E-state index is -5.03. The Morgan fingerprint density at radius 1 is 1.20 bits per heavy atom. The number of nitrogens with one attached hydrogen (secondary N) is 1. The van der Waals surface area contributed by atoms with Gasteiger partial charge in [-0.1, -0.05) is 19.4 Å². The van der Waals surface area contributed by atoms with Crippen LogP contribution in [0.4, 0.5) is 33.3 Å². The Morgan fingerprint density at radius 3 is 2.46 bits per heavy atom. The third-order valence-corrected chi connectivity index (χ3v) is 5.54. The van der Waals surface area contributed by atoms with Gasteiger partial charge in [0.2, 0.25) is 5.56 Å². The molecule has 3 N–H and O–H groups in total. The maximum atomic E-state index is 15.8. The molecule has 0 saturated heterocycles. The Hall–Kier alpha value is -3.76. The zero-order chi connectivity index (χ0) is 26.1. The average molecular weight is 494 g/mol. The van der Waals surface area contributed by atoms with Crippen LogP contribution >= 0.6 is 0 Å². The van der Waals surface area contributed by atoms with Crippen LogP contribution in [0.2, 0.25) is 0 Å². The Morgan fingerprint density at radius 2 is 1.89 bits per heavy atom. The van der Waals surface area contributed by atoms with Crippen molar-refractivity contribution in [2.45, 2.75) is 39.4 Å². The monoisotopic (exact) mass is 494 g/mol. The van der Waals surface area contributed by atoms with Gasteiger partial charge in [0, 0.05) is 31.4 Å². The third-order valence-electron chi connectivity index (χ3n) is 5.54. The first-order valence-corrected chi connectivity index (χ1v) is 10.6. The first-order valence-electron chi connectivity index (χ1n) is 10.6. The van der Waals surface area contributed by atoms with Gasteiger partial charge in [-0.25, -0.2) is 13.8 Å². The molecule has 0 aliphatic heterocycles. The van der Waals surface area contributed by atoms with Gasteiger partial charge in [-0.3, -0.25) is 9.59 Å². The number of carbonyl (C=O) groups is 1. The molecular formula is C24H23F5N4O2. The molecular weight excluding hydrogens is 471 g/mol. The lowest BCUT2D eigenvalue weighted by Crippen LogP contribution is -2.17. The number of hydrogen-bond acceptors (Lipinski definition) is 5. The van der Waals surface area contributed by atoms with E-state index in [9.17, 15) is 27.2 Å². The summed E-state index contributed by atoms with van der Waals surface area (Å²) in [6.07, 6.45) is -2.51. The van der Waals surface area contributed by atoms with E-state index in [1.165, 1.54) is 29.9 Å². The van der Waals surface area contributed by atoms with Gasteiger partial charge in [-0.2, -0.15) is 13.2 Å². The van der Waals surface area contributed by atoms with Crippen molar-refractivity contribution in [2.75, 3.05) is 11.1 Å². The molecule has 3 rings (SSSR count). The number of aromatic nitrogens is 2. The molecule has 0 aliphatic rings. The summed E-state index contributed by atoms with van der Waals surface area (Å²) in [6.45, 7) is 2.62. The number of alkyl halides is 3. The van der Waals surface area contributed by atoms with Crippen molar-refractivity contribution in [3.8, 4) is 11.3 Å². The van der Waals surface area contributed by atoms with Gasteiger partial charge in [0.15, 0.2) is 12.1 Å². The number of aldehydes is 1. The molecule has 0 radical (unpaired) electrons. The van der Waals surface area contributed by atoms with Gasteiger partial charge < -0.3 is 15.6 Å². The van der Waals surface area contributed by atoms with Gasteiger partial charge in [-0.15, -0.1) is 0 Å². The first-order chi connectivity index (χ1) is 16.4. The van der Waals surface area contributed by atoms with Crippen LogP contribution in [-0.4, -0.2) is 15.8 Å². The lowest BCUT2D eigenvalue weighted by atomic mass is 9.95. The highest BCUT2D eigenvalue weighted by Gasteiger charge is 2.39. The van der Waals surface area contributed by atoms with Crippen molar-refractivity contribution in [3.63, 3.8) is 0 Å². The van der Waals surface area contributed by atoms with Gasteiger partial charge in [0.25, 0.3) is 0 Å². The predicted octanol–water partition coefficient (Wildman–Crippen LogP) is 5.01. The number of hydrogen-bond donors (Lipinski definition) is 2. The number of nitrogens with two attached hydrogens (primary N) is 1. The maximum Gasteiger partial charge on any atom is 0.417 e. The van der Waals surface area contributed by atoms with Crippen molar-refractivity contribution in [1.29, 1.82) is 0 Å². The van der Waals surface area contributed by atoms with E-state index in [1.807, 2.05) is 0 Å². The van der Waals surface area contributed by atoms with Crippen LogP contribution in [0, 0.1) is 18.6 Å². The Bertz CT molecular complexity index is 1350. The molecule has 186 valence electrons. The van der Waals surface area contributed by atoms with Gasteiger partial charge in [0.1, 0.15) is 11.5 Å². The standard InChI is InChI=1S/C24H23F5N4O2/c1-4-5-17-15(11-34)22(31-9-13-6-7-18(35)33(3)10-13)21(26)23(32-17)14-8-16(30)20(25)12(2)19(14)24(27,28)29/h6-8,10-11H,4-5,9,30H2,1-3H3,(H,31,32). The molecule has 11 heteroatoms. The molecule has 6 nitrogen and oxygen atoms in total. The fourth-order valence-corrected chi connectivity index (χ4v) is 3.85. The molecule has 0 atom stereocenters. The zero-order valence-electron chi connectivity index (χ0n) is 19.2. The fourth-order valence-electron chi connectivity index (χ4n) is 3.85. The molecule has 0 saturated carbocycles. The Balaban J connectivity index is 2.27. The van der Waals surface area contributed by atoms with Crippen LogP contribution in [-0.2, 0) is 26.2 Å². The number of pyridine rings is 2. The van der Waals surface area contributed by atoms with Crippen LogP contribution in [0.3, 0.4) is 0 Å². The topological polar surface area (TPSA) is 90.0 Å². The van der Waals surface area contributed by atoms with Crippen molar-refractivity contribution >= 4 is 17.7 Å². The second kappa shape index (κ2) is 9.85.